The number of piperidine rings is 1. The number of rotatable bonds is 6. The first kappa shape index (κ1) is 17.8. The summed E-state index contributed by atoms with van der Waals surface area (Å²) in [5, 5.41) is 10.1. The molecule has 1 saturated heterocycles. The van der Waals surface area contributed by atoms with E-state index in [0.717, 1.165) is 18.4 Å². The largest absolute Gasteiger partial charge is 0.388 e. The Bertz CT molecular complexity index is 538. The minimum absolute atomic E-state index is 0.00807. The molecule has 0 bridgehead atoms. The second-order valence-corrected chi connectivity index (χ2v) is 7.04. The second-order valence-electron chi connectivity index (χ2n) is 6.01. The van der Waals surface area contributed by atoms with Crippen molar-refractivity contribution in [1.29, 1.82) is 0 Å². The maximum Gasteiger partial charge on any atom is 0.232 e. The number of likely N-dealkylation sites (tertiary alicyclic amines) is 1. The summed E-state index contributed by atoms with van der Waals surface area (Å²) in [6.07, 6.45) is 0.975. The number of amides is 2. The molecule has 1 aromatic carbocycles. The number of benzene rings is 1. The van der Waals surface area contributed by atoms with E-state index in [9.17, 15) is 14.7 Å². The lowest BCUT2D eigenvalue weighted by Crippen LogP contribution is -2.49. The van der Waals surface area contributed by atoms with Crippen LogP contribution in [0.1, 0.15) is 31.4 Å². The highest BCUT2D eigenvalue weighted by molar-refractivity contribution is 7.99. The van der Waals surface area contributed by atoms with Crippen LogP contribution in [-0.2, 0) is 9.59 Å². The van der Waals surface area contributed by atoms with E-state index in [-0.39, 0.29) is 23.8 Å². The van der Waals surface area contributed by atoms with Gasteiger partial charge in [0.05, 0.1) is 17.8 Å². The quantitative estimate of drug-likeness (QED) is 0.826. The Morgan fingerprint density at radius 1 is 1.35 bits per heavy atom. The van der Waals surface area contributed by atoms with Gasteiger partial charge in [0.1, 0.15) is 0 Å². The number of primary amides is 1. The Kier molecular flexibility index (Phi) is 6.47. The van der Waals surface area contributed by atoms with Gasteiger partial charge in [0.25, 0.3) is 0 Å². The number of hydrogen-bond donors (Lipinski definition) is 2. The van der Waals surface area contributed by atoms with Gasteiger partial charge >= 0.3 is 0 Å². The van der Waals surface area contributed by atoms with Crippen molar-refractivity contribution in [3.05, 3.63) is 35.9 Å². The average Bonchev–Trinajstić information content (AvgIpc) is 2.55. The lowest BCUT2D eigenvalue weighted by atomic mass is 9.93. The molecule has 2 amide bonds. The lowest BCUT2D eigenvalue weighted by molar-refractivity contribution is -0.135. The molecule has 0 saturated carbocycles. The summed E-state index contributed by atoms with van der Waals surface area (Å²) in [5.41, 5.74) is 6.22. The highest BCUT2D eigenvalue weighted by Crippen LogP contribution is 2.23. The van der Waals surface area contributed by atoms with Crippen LogP contribution < -0.4 is 5.73 Å². The predicted molar refractivity (Wildman–Crippen MR) is 91.8 cm³/mol. The second kappa shape index (κ2) is 8.36. The zero-order chi connectivity index (χ0) is 16.8. The molecule has 6 heteroatoms. The summed E-state index contributed by atoms with van der Waals surface area (Å²) < 4.78 is 0. The van der Waals surface area contributed by atoms with Crippen LogP contribution in [0.15, 0.2) is 30.3 Å². The van der Waals surface area contributed by atoms with Gasteiger partial charge in [0, 0.05) is 18.3 Å². The van der Waals surface area contributed by atoms with Crippen LogP contribution in [0.4, 0.5) is 0 Å². The molecule has 1 heterocycles. The number of hydrogen-bond acceptors (Lipinski definition) is 4. The Hall–Kier alpha value is -1.53. The summed E-state index contributed by atoms with van der Waals surface area (Å²) >= 11 is 1.41. The fourth-order valence-corrected chi connectivity index (χ4v) is 3.67. The van der Waals surface area contributed by atoms with Gasteiger partial charge in [-0.15, -0.1) is 11.8 Å². The number of nitrogens with two attached hydrogens (primary N) is 1. The van der Waals surface area contributed by atoms with Crippen molar-refractivity contribution in [2.75, 3.05) is 18.1 Å². The molecule has 3 atom stereocenters. The average molecular weight is 336 g/mol. The summed E-state index contributed by atoms with van der Waals surface area (Å²) in [4.78, 5) is 25.5. The van der Waals surface area contributed by atoms with Gasteiger partial charge in [-0.1, -0.05) is 30.3 Å². The first-order valence-electron chi connectivity index (χ1n) is 7.88. The van der Waals surface area contributed by atoms with Gasteiger partial charge in [-0.2, -0.15) is 0 Å². The number of carbonyl (C=O) groups is 2. The molecule has 1 aliphatic heterocycles. The van der Waals surface area contributed by atoms with E-state index < -0.39 is 6.10 Å². The summed E-state index contributed by atoms with van der Waals surface area (Å²) in [5.74, 6) is 0.211. The van der Waals surface area contributed by atoms with E-state index in [1.165, 1.54) is 11.8 Å². The van der Waals surface area contributed by atoms with E-state index in [1.807, 2.05) is 37.3 Å². The van der Waals surface area contributed by atoms with Crippen molar-refractivity contribution in [1.82, 2.24) is 4.90 Å². The molecule has 0 aliphatic carbocycles. The van der Waals surface area contributed by atoms with E-state index in [4.69, 9.17) is 5.73 Å². The highest BCUT2D eigenvalue weighted by atomic mass is 32.2. The van der Waals surface area contributed by atoms with Gasteiger partial charge in [-0.25, -0.2) is 0 Å². The number of thioether (sulfide) groups is 1. The minimum atomic E-state index is -0.578. The standard InChI is InChI=1S/C17H24N2O3S/c1-12-7-8-14(17(18)22)9-19(12)16(21)11-23-10-15(20)13-5-3-2-4-6-13/h2-6,12,14-15,20H,7-11H2,1H3,(H2,18,22). The maximum atomic E-state index is 12.4. The normalized spacial score (nSPS) is 22.6. The fourth-order valence-electron chi connectivity index (χ4n) is 2.80. The first-order valence-corrected chi connectivity index (χ1v) is 9.04. The molecule has 0 spiro atoms. The van der Waals surface area contributed by atoms with E-state index in [2.05, 4.69) is 0 Å². The predicted octanol–water partition coefficient (Wildman–Crippen LogP) is 1.57. The molecule has 1 aromatic rings. The minimum Gasteiger partial charge on any atom is -0.388 e. The summed E-state index contributed by atoms with van der Waals surface area (Å²) in [6, 6.07) is 9.55. The molecular weight excluding hydrogens is 312 g/mol. The van der Waals surface area contributed by atoms with Crippen molar-refractivity contribution in [2.24, 2.45) is 11.7 Å². The lowest BCUT2D eigenvalue weighted by Gasteiger charge is -2.37. The molecule has 23 heavy (non-hydrogen) atoms. The van der Waals surface area contributed by atoms with Crippen LogP contribution in [0.5, 0.6) is 0 Å². The van der Waals surface area contributed by atoms with Crippen LogP contribution in [0.2, 0.25) is 0 Å². The number of aliphatic hydroxyl groups is 1. The maximum absolute atomic E-state index is 12.4. The Morgan fingerprint density at radius 2 is 2.04 bits per heavy atom. The smallest absolute Gasteiger partial charge is 0.232 e. The number of aliphatic hydroxyl groups excluding tert-OH is 1. The Morgan fingerprint density at radius 3 is 2.70 bits per heavy atom. The topological polar surface area (TPSA) is 83.6 Å². The molecule has 2 rings (SSSR count). The van der Waals surface area contributed by atoms with Gasteiger partial charge < -0.3 is 15.7 Å². The SMILES string of the molecule is CC1CCC(C(N)=O)CN1C(=O)CSCC(O)c1ccccc1. The van der Waals surface area contributed by atoms with E-state index >= 15 is 0 Å². The van der Waals surface area contributed by atoms with Crippen LogP contribution in [0.3, 0.4) is 0 Å². The highest BCUT2D eigenvalue weighted by Gasteiger charge is 2.31. The molecule has 0 aromatic heterocycles. The Labute approximate surface area is 141 Å². The molecule has 0 radical (unpaired) electrons. The van der Waals surface area contributed by atoms with Crippen molar-refractivity contribution >= 4 is 23.6 Å². The molecule has 1 aliphatic rings. The van der Waals surface area contributed by atoms with Crippen molar-refractivity contribution in [3.63, 3.8) is 0 Å². The Balaban J connectivity index is 1.80. The third-order valence-electron chi connectivity index (χ3n) is 4.29. The van der Waals surface area contributed by atoms with Crippen molar-refractivity contribution < 1.29 is 14.7 Å². The third kappa shape index (κ3) is 4.97. The van der Waals surface area contributed by atoms with Gasteiger partial charge in [-0.05, 0) is 25.3 Å². The first-order chi connectivity index (χ1) is 11.0. The molecule has 1 fully saturated rings. The zero-order valence-electron chi connectivity index (χ0n) is 13.4. The molecule has 126 valence electrons. The van der Waals surface area contributed by atoms with E-state index in [0.29, 0.717) is 18.1 Å². The zero-order valence-corrected chi connectivity index (χ0v) is 14.2. The van der Waals surface area contributed by atoms with Crippen molar-refractivity contribution in [3.8, 4) is 0 Å². The summed E-state index contributed by atoms with van der Waals surface area (Å²) in [7, 11) is 0. The fraction of sp³-hybridized carbons (Fsp3) is 0.529. The molecule has 3 N–H and O–H groups in total. The molecule has 5 nitrogen and oxygen atoms in total. The molecule has 3 unspecified atom stereocenters. The van der Waals surface area contributed by atoms with Gasteiger partial charge in [0.2, 0.25) is 11.8 Å². The van der Waals surface area contributed by atoms with Crippen molar-refractivity contribution in [2.45, 2.75) is 31.9 Å². The van der Waals surface area contributed by atoms with Gasteiger partial charge in [0.15, 0.2) is 0 Å². The van der Waals surface area contributed by atoms with Crippen LogP contribution in [-0.4, -0.2) is 45.9 Å². The third-order valence-corrected chi connectivity index (χ3v) is 5.29. The van der Waals surface area contributed by atoms with E-state index in [1.54, 1.807) is 4.90 Å². The van der Waals surface area contributed by atoms with Crippen LogP contribution in [0.25, 0.3) is 0 Å². The summed E-state index contributed by atoms with van der Waals surface area (Å²) in [6.45, 7) is 2.41. The number of carbonyl (C=O) groups excluding carboxylic acids is 2. The van der Waals surface area contributed by atoms with Crippen LogP contribution >= 0.6 is 11.8 Å². The number of nitrogens with zero attached hydrogens (tertiary/aromatic N) is 1. The molecular formula is C17H24N2O3S. The monoisotopic (exact) mass is 336 g/mol. The van der Waals surface area contributed by atoms with Crippen LogP contribution in [0, 0.1) is 5.92 Å². The van der Waals surface area contributed by atoms with Gasteiger partial charge in [-0.3, -0.25) is 9.59 Å².